The third-order valence-electron chi connectivity index (χ3n) is 23.8. The van der Waals surface area contributed by atoms with Gasteiger partial charge in [0.2, 0.25) is 29.5 Å². The molecule has 9 N–H and O–H groups in total. The van der Waals surface area contributed by atoms with Gasteiger partial charge in [0.05, 0.1) is 28.2 Å². The van der Waals surface area contributed by atoms with Gasteiger partial charge in [0.25, 0.3) is 17.7 Å². The van der Waals surface area contributed by atoms with E-state index >= 15 is 0 Å². The van der Waals surface area contributed by atoms with Gasteiger partial charge in [0, 0.05) is 148 Å². The van der Waals surface area contributed by atoms with E-state index in [0.29, 0.717) is 127 Å². The fourth-order valence-corrected chi connectivity index (χ4v) is 17.4. The van der Waals surface area contributed by atoms with Crippen LogP contribution in [-0.2, 0) is 24.0 Å². The van der Waals surface area contributed by atoms with Gasteiger partial charge in [-0.05, 0) is 208 Å². The SMILES string of the molecule is CCC(CN1CC[C@@H](CNC(=O)c2ccc3cc(Cl)ccc3c2)N[C@@H](CCN2CCCCC2)C1=O)C1CC1.CC[C@H](CN1CC[C@@H](CNC(=O)c2ccc(Cl)c(Cl)c2)N[C@@H](CCN2C(=O)CCC2=O)C1=O)c1ccccc1.CC[C@H](CN1CC[C@@H](CNC(=O)c2ccc3cc(Cl)ccc3c2)N[C@@H](CCCNC(N)=O)C1=O)c1ccccc1. The van der Waals surface area contributed by atoms with E-state index in [1.807, 2.05) is 113 Å². The smallest absolute Gasteiger partial charge is 0.312 e. The molecule has 0 radical (unpaired) electrons. The first-order valence-corrected chi connectivity index (χ1v) is 43.6. The number of primary amides is 1. The number of fused-ring (bicyclic) bond motifs is 2. The Bertz CT molecular complexity index is 4520. The molecule has 0 aromatic heterocycles. The number of halogens is 4. The van der Waals surface area contributed by atoms with E-state index in [1.165, 1.54) is 54.2 Å². The van der Waals surface area contributed by atoms with Crippen LogP contribution >= 0.6 is 46.4 Å². The molecule has 1 saturated carbocycles. The minimum atomic E-state index is -0.589. The third kappa shape index (κ3) is 26.1. The van der Waals surface area contributed by atoms with Crippen molar-refractivity contribution in [3.63, 3.8) is 0 Å². The topological polar surface area (TPSA) is 280 Å². The first-order valence-electron chi connectivity index (χ1n) is 42.1. The molecular weight excluding hydrogens is 1560 g/mol. The van der Waals surface area contributed by atoms with Crippen molar-refractivity contribution >= 4 is 121 Å². The van der Waals surface area contributed by atoms with Crippen molar-refractivity contribution in [1.82, 2.24) is 61.7 Å². The Labute approximate surface area is 708 Å². The van der Waals surface area contributed by atoms with E-state index in [4.69, 9.17) is 52.1 Å². The molecule has 5 saturated heterocycles. The van der Waals surface area contributed by atoms with Crippen LogP contribution < -0.4 is 43.0 Å². The van der Waals surface area contributed by atoms with Crippen LogP contribution in [0.2, 0.25) is 20.1 Å². The zero-order valence-electron chi connectivity index (χ0n) is 67.6. The molecule has 1 aliphatic carbocycles. The van der Waals surface area contributed by atoms with Gasteiger partial charge in [-0.15, -0.1) is 0 Å². The normalized spacial score (nSPS) is 20.9. The zero-order chi connectivity index (χ0) is 82.9. The van der Waals surface area contributed by atoms with E-state index in [1.54, 1.807) is 18.2 Å². The van der Waals surface area contributed by atoms with Gasteiger partial charge in [0.1, 0.15) is 0 Å². The lowest BCUT2D eigenvalue weighted by Crippen LogP contribution is -2.50. The number of hydrogen-bond acceptors (Lipinski definition) is 13. The van der Waals surface area contributed by atoms with E-state index < -0.39 is 18.1 Å². The maximum absolute atomic E-state index is 13.7. The highest BCUT2D eigenvalue weighted by Crippen LogP contribution is 2.39. The lowest BCUT2D eigenvalue weighted by atomic mass is 9.95. The molecule has 1 unspecified atom stereocenters. The third-order valence-corrected chi connectivity index (χ3v) is 25.1. The highest BCUT2D eigenvalue weighted by molar-refractivity contribution is 6.42. The lowest BCUT2D eigenvalue weighted by Gasteiger charge is -2.31. The summed E-state index contributed by atoms with van der Waals surface area (Å²) >= 11 is 24.2. The lowest BCUT2D eigenvalue weighted by molar-refractivity contribution is -0.140. The molecule has 7 aromatic carbocycles. The van der Waals surface area contributed by atoms with Crippen LogP contribution in [-0.4, -0.2) is 206 Å². The van der Waals surface area contributed by atoms with Crippen molar-refractivity contribution in [2.45, 2.75) is 178 Å². The first kappa shape index (κ1) is 89.1. The molecule has 626 valence electrons. The number of nitrogens with one attached hydrogen (secondary N) is 7. The predicted octanol–water partition coefficient (Wildman–Crippen LogP) is 13.5. The number of likely N-dealkylation sites (tertiary alicyclic amines) is 2. The van der Waals surface area contributed by atoms with Crippen LogP contribution in [0.5, 0.6) is 0 Å². The molecule has 0 spiro atoms. The molecule has 6 aliphatic rings. The molecule has 117 heavy (non-hydrogen) atoms. The summed E-state index contributed by atoms with van der Waals surface area (Å²) < 4.78 is 0. The van der Waals surface area contributed by atoms with E-state index in [-0.39, 0.29) is 103 Å². The fraction of sp³-hybridized carbons (Fsp3) is 0.484. The number of rotatable bonds is 31. The second-order valence-corrected chi connectivity index (χ2v) is 33.7. The molecule has 13 rings (SSSR count). The summed E-state index contributed by atoms with van der Waals surface area (Å²) in [5, 5.41) is 28.2. The molecule has 9 atom stereocenters. The first-order chi connectivity index (χ1) is 56.6. The van der Waals surface area contributed by atoms with Gasteiger partial charge in [-0.25, -0.2) is 4.79 Å². The number of urea groups is 1. The summed E-state index contributed by atoms with van der Waals surface area (Å²) in [6, 6.07) is 45.7. The number of carbonyl (C=O) groups is 9. The van der Waals surface area contributed by atoms with Crippen molar-refractivity contribution in [1.29, 1.82) is 0 Å². The Morgan fingerprint density at radius 3 is 1.30 bits per heavy atom. The van der Waals surface area contributed by atoms with Crippen molar-refractivity contribution in [3.05, 3.63) is 200 Å². The number of benzene rings is 7. The van der Waals surface area contributed by atoms with Gasteiger partial charge in [-0.2, -0.15) is 0 Å². The van der Waals surface area contributed by atoms with Crippen molar-refractivity contribution in [3.8, 4) is 0 Å². The minimum Gasteiger partial charge on any atom is -0.352 e. The van der Waals surface area contributed by atoms with Crippen LogP contribution in [0.3, 0.4) is 0 Å². The summed E-state index contributed by atoms with van der Waals surface area (Å²) in [4.78, 5) is 125. The van der Waals surface area contributed by atoms with Crippen LogP contribution in [0.1, 0.15) is 184 Å². The van der Waals surface area contributed by atoms with Gasteiger partial charge in [-0.1, -0.05) is 165 Å². The molecule has 5 aliphatic heterocycles. The van der Waals surface area contributed by atoms with E-state index in [9.17, 15) is 43.2 Å². The zero-order valence-corrected chi connectivity index (χ0v) is 70.7. The Morgan fingerprint density at radius 1 is 0.444 bits per heavy atom. The highest BCUT2D eigenvalue weighted by atomic mass is 35.5. The second-order valence-electron chi connectivity index (χ2n) is 32.0. The summed E-state index contributed by atoms with van der Waals surface area (Å²) in [6.07, 6.45) is 14.3. The van der Waals surface area contributed by atoms with Crippen molar-refractivity contribution < 1.29 is 43.2 Å². The molecule has 26 heteroatoms. The standard InChI is InChI=1S/C31H38ClN5O3.C31H43ClN4O2.C29H34Cl2N4O4/c1-2-21(22-7-4-3-5-8-22)20-37-16-14-27(36-28(30(37)39)9-6-15-34-31(33)40)19-35-29(38)25-11-10-24-18-26(32)13-12-23(24)17-25;1-2-22(23-6-7-23)21-36-17-12-28(34-29(31(36)38)13-16-35-14-4-3-5-15-35)20-33-30(37)26-9-8-25-19-27(32)11-10-24(25)18-26;1-2-19(20-6-4-3-5-7-20)18-34-14-12-22(17-32-28(38)21-8-9-23(30)24(31)16-21)33-25(29(34)39)13-15-35-26(36)10-11-27(35)37/h3-5,7-8,10-13,17-18,21,27-28,36H,2,6,9,14-16,19-20H2,1H3,(H,35,38)(H3,33,34,40);8-11,18-19,22-23,28-29,34H,2-7,12-17,20-21H2,1H3,(H,33,37);3-9,16,19,22,25,33H,2,10-15,17-18H2,1H3,(H,32,38)/t21-,27+,28+;22?,28-,29-;19-,22+,25+/m101/s1. The van der Waals surface area contributed by atoms with Crippen molar-refractivity contribution in [2.75, 3.05) is 91.6 Å². The van der Waals surface area contributed by atoms with Gasteiger partial charge < -0.3 is 62.6 Å². The number of nitrogens with zero attached hydrogens (tertiary/aromatic N) is 5. The van der Waals surface area contributed by atoms with E-state index in [2.05, 4.69) is 92.1 Å². The summed E-state index contributed by atoms with van der Waals surface area (Å²) in [6.45, 7) is 15.5. The molecular formula is C91H115Cl4N13O9. The molecule has 5 heterocycles. The summed E-state index contributed by atoms with van der Waals surface area (Å²) in [5.74, 6) is 1.15. The molecule has 6 fully saturated rings. The number of hydrogen-bond donors (Lipinski definition) is 8. The maximum atomic E-state index is 13.7. The van der Waals surface area contributed by atoms with Crippen LogP contribution in [0.4, 0.5) is 4.79 Å². The number of amides is 10. The number of carbonyl (C=O) groups excluding carboxylic acids is 9. The minimum absolute atomic E-state index is 0.0514. The van der Waals surface area contributed by atoms with Crippen LogP contribution in [0.15, 0.2) is 152 Å². The van der Waals surface area contributed by atoms with E-state index in [0.717, 1.165) is 92.3 Å². The molecule has 0 bridgehead atoms. The average Bonchev–Trinajstić information content (AvgIpc) is 1.83. The maximum Gasteiger partial charge on any atom is 0.312 e. The second kappa shape index (κ2) is 44.4. The predicted molar refractivity (Wildman–Crippen MR) is 465 cm³/mol. The number of piperidine rings is 1. The van der Waals surface area contributed by atoms with Crippen LogP contribution in [0.25, 0.3) is 21.5 Å². The average molecular weight is 1680 g/mol. The fourth-order valence-electron chi connectivity index (χ4n) is 16.7. The highest BCUT2D eigenvalue weighted by Gasteiger charge is 2.39. The molecule has 10 amide bonds. The molecule has 22 nitrogen and oxygen atoms in total. The van der Waals surface area contributed by atoms with Crippen LogP contribution in [0, 0.1) is 11.8 Å². The van der Waals surface area contributed by atoms with Gasteiger partial charge >= 0.3 is 6.03 Å². The molecule has 7 aromatic rings. The van der Waals surface area contributed by atoms with Gasteiger partial charge in [-0.3, -0.25) is 43.3 Å². The summed E-state index contributed by atoms with van der Waals surface area (Å²) in [7, 11) is 0. The Morgan fingerprint density at radius 2 is 0.863 bits per heavy atom. The Kier molecular flexibility index (Phi) is 33.8. The Hall–Kier alpha value is -8.71. The monoisotopic (exact) mass is 1670 g/mol. The Balaban J connectivity index is 0.000000172. The van der Waals surface area contributed by atoms with Gasteiger partial charge in [0.15, 0.2) is 0 Å². The largest absolute Gasteiger partial charge is 0.352 e. The number of nitrogens with two attached hydrogens (primary N) is 1. The summed E-state index contributed by atoms with van der Waals surface area (Å²) in [5.41, 5.74) is 9.21. The number of imide groups is 1. The quantitative estimate of drug-likeness (QED) is 0.0148. The van der Waals surface area contributed by atoms with Crippen molar-refractivity contribution in [2.24, 2.45) is 17.6 Å².